The van der Waals surface area contributed by atoms with E-state index in [0.29, 0.717) is 30.0 Å². The Morgan fingerprint density at radius 1 is 0.881 bits per heavy atom. The minimum absolute atomic E-state index is 0.104. The Labute approximate surface area is 247 Å². The van der Waals surface area contributed by atoms with Crippen molar-refractivity contribution in [3.8, 4) is 11.5 Å². The van der Waals surface area contributed by atoms with E-state index in [1.807, 2.05) is 75.4 Å². The van der Waals surface area contributed by atoms with Gasteiger partial charge < -0.3 is 20.1 Å². The monoisotopic (exact) mass is 572 g/mol. The van der Waals surface area contributed by atoms with Gasteiger partial charge in [0.2, 0.25) is 5.91 Å². The summed E-state index contributed by atoms with van der Waals surface area (Å²) in [4.78, 5) is 40.8. The van der Waals surface area contributed by atoms with Crippen molar-refractivity contribution in [1.29, 1.82) is 0 Å². The molecule has 222 valence electrons. The second kappa shape index (κ2) is 13.4. The average molecular weight is 573 g/mol. The van der Waals surface area contributed by atoms with E-state index in [1.165, 1.54) is 12.1 Å². The van der Waals surface area contributed by atoms with Crippen LogP contribution in [0.2, 0.25) is 0 Å². The molecular formula is C33H40N4O5. The predicted octanol–water partition coefficient (Wildman–Crippen LogP) is 5.81. The maximum Gasteiger partial charge on any atom is 0.319 e. The van der Waals surface area contributed by atoms with Crippen molar-refractivity contribution in [2.45, 2.75) is 58.0 Å². The summed E-state index contributed by atoms with van der Waals surface area (Å²) >= 11 is 0. The highest BCUT2D eigenvalue weighted by atomic mass is 16.5. The maximum atomic E-state index is 14.3. The highest BCUT2D eigenvalue weighted by Crippen LogP contribution is 2.39. The van der Waals surface area contributed by atoms with Crippen LogP contribution in [0.1, 0.15) is 63.1 Å². The van der Waals surface area contributed by atoms with Crippen LogP contribution in [-0.4, -0.2) is 43.1 Å². The summed E-state index contributed by atoms with van der Waals surface area (Å²) in [6.45, 7) is 5.90. The molecule has 0 bridgehead atoms. The summed E-state index contributed by atoms with van der Waals surface area (Å²) in [5.74, 6) is 0.355. The summed E-state index contributed by atoms with van der Waals surface area (Å²) in [6, 6.07) is 22.5. The van der Waals surface area contributed by atoms with E-state index in [2.05, 4.69) is 16.1 Å². The zero-order chi connectivity index (χ0) is 30.3. The fraction of sp³-hybridized carbons (Fsp3) is 0.364. The van der Waals surface area contributed by atoms with Gasteiger partial charge in [0, 0.05) is 6.42 Å². The lowest BCUT2D eigenvalue weighted by Crippen LogP contribution is -2.55. The first-order valence-corrected chi connectivity index (χ1v) is 14.1. The number of ether oxygens (including phenoxy) is 2. The Balaban J connectivity index is 1.72. The number of methoxy groups -OCH3 is 2. The standard InChI is InChI=1S/C33H40N4O5/c1-33(2,3)21-30(38)36-37-28(23-14-11-15-25(18-23)41-4)20-24(22-12-7-6-8-13-22)19-27(31(37)39)35-32(40)34-26-16-9-10-17-29(26)42-5/h6-18,24,27-28H,19-21H2,1-5H3,(H,36,38)(H2,34,35,40). The van der Waals surface area contributed by atoms with Gasteiger partial charge in [0.15, 0.2) is 0 Å². The van der Waals surface area contributed by atoms with E-state index in [1.54, 1.807) is 31.4 Å². The molecule has 0 radical (unpaired) electrons. The van der Waals surface area contributed by atoms with Gasteiger partial charge in [0.05, 0.1) is 25.9 Å². The van der Waals surface area contributed by atoms with Gasteiger partial charge in [0.25, 0.3) is 5.91 Å². The Hall–Kier alpha value is -4.53. The van der Waals surface area contributed by atoms with E-state index in [4.69, 9.17) is 9.47 Å². The Morgan fingerprint density at radius 3 is 2.26 bits per heavy atom. The SMILES string of the molecule is COc1cccc(C2CC(c3ccccc3)CC(NC(=O)Nc3ccccc3OC)C(=O)N2NC(=O)CC(C)(C)C)c1. The van der Waals surface area contributed by atoms with Crippen molar-refractivity contribution in [2.75, 3.05) is 19.5 Å². The molecule has 9 nitrogen and oxygen atoms in total. The second-order valence-electron chi connectivity index (χ2n) is 11.7. The number of benzene rings is 3. The highest BCUT2D eigenvalue weighted by molar-refractivity contribution is 5.95. The number of nitrogens with zero attached hydrogens (tertiary/aromatic N) is 1. The largest absolute Gasteiger partial charge is 0.497 e. The molecule has 9 heteroatoms. The number of carbonyl (C=O) groups is 3. The van der Waals surface area contributed by atoms with Crippen LogP contribution in [0.3, 0.4) is 0 Å². The summed E-state index contributed by atoms with van der Waals surface area (Å²) in [7, 11) is 3.11. The van der Waals surface area contributed by atoms with E-state index in [0.717, 1.165) is 11.1 Å². The number of amides is 4. The van der Waals surface area contributed by atoms with Crippen LogP contribution in [0.25, 0.3) is 0 Å². The normalized spacial score (nSPS) is 18.9. The van der Waals surface area contributed by atoms with Crippen LogP contribution in [0, 0.1) is 5.41 Å². The van der Waals surface area contributed by atoms with Crippen LogP contribution >= 0.6 is 0 Å². The number of rotatable bonds is 8. The molecule has 0 aromatic heterocycles. The predicted molar refractivity (Wildman–Crippen MR) is 162 cm³/mol. The van der Waals surface area contributed by atoms with Gasteiger partial charge in [-0.1, -0.05) is 75.4 Å². The van der Waals surface area contributed by atoms with Crippen LogP contribution < -0.4 is 25.5 Å². The average Bonchev–Trinajstić information content (AvgIpc) is 3.09. The molecule has 42 heavy (non-hydrogen) atoms. The Kier molecular flexibility index (Phi) is 9.72. The molecule has 0 aliphatic carbocycles. The third-order valence-electron chi connectivity index (χ3n) is 7.22. The summed E-state index contributed by atoms with van der Waals surface area (Å²) in [5, 5.41) is 7.08. The first-order valence-electron chi connectivity index (χ1n) is 14.1. The molecule has 3 atom stereocenters. The fourth-order valence-electron chi connectivity index (χ4n) is 5.28. The van der Waals surface area contributed by atoms with Gasteiger partial charge >= 0.3 is 6.03 Å². The molecule has 1 aliphatic rings. The number of hydrazine groups is 1. The van der Waals surface area contributed by atoms with Crippen molar-refractivity contribution < 1.29 is 23.9 Å². The molecule has 3 aromatic rings. The summed E-state index contributed by atoms with van der Waals surface area (Å²) < 4.78 is 10.8. The second-order valence-corrected chi connectivity index (χ2v) is 11.7. The van der Waals surface area contributed by atoms with Gasteiger partial charge in [0.1, 0.15) is 17.5 Å². The molecule has 1 saturated heterocycles. The third-order valence-corrected chi connectivity index (χ3v) is 7.22. The number of hydrogen-bond acceptors (Lipinski definition) is 5. The zero-order valence-electron chi connectivity index (χ0n) is 24.8. The number of anilines is 1. The summed E-state index contributed by atoms with van der Waals surface area (Å²) in [5.41, 5.74) is 4.95. The number of carbonyl (C=O) groups excluding carboxylic acids is 3. The van der Waals surface area contributed by atoms with Crippen LogP contribution in [0.15, 0.2) is 78.9 Å². The lowest BCUT2D eigenvalue weighted by molar-refractivity contribution is -0.146. The Morgan fingerprint density at radius 2 is 1.57 bits per heavy atom. The van der Waals surface area contributed by atoms with Crippen LogP contribution in [-0.2, 0) is 9.59 Å². The van der Waals surface area contributed by atoms with Gasteiger partial charge in [-0.25, -0.2) is 9.80 Å². The van der Waals surface area contributed by atoms with Crippen molar-refractivity contribution in [2.24, 2.45) is 5.41 Å². The molecule has 3 unspecified atom stereocenters. The van der Waals surface area contributed by atoms with Crippen LogP contribution in [0.4, 0.5) is 10.5 Å². The van der Waals surface area contributed by atoms with Crippen molar-refractivity contribution in [3.05, 3.63) is 90.0 Å². The molecular weight excluding hydrogens is 532 g/mol. The molecule has 1 fully saturated rings. The first kappa shape index (κ1) is 30.4. The van der Waals surface area contributed by atoms with Gasteiger partial charge in [-0.3, -0.25) is 15.0 Å². The lowest BCUT2D eigenvalue weighted by Gasteiger charge is -2.33. The smallest absolute Gasteiger partial charge is 0.319 e. The highest BCUT2D eigenvalue weighted by Gasteiger charge is 2.40. The van der Waals surface area contributed by atoms with E-state index in [-0.39, 0.29) is 23.7 Å². The third kappa shape index (κ3) is 7.81. The van der Waals surface area contributed by atoms with E-state index in [9.17, 15) is 14.4 Å². The molecule has 0 saturated carbocycles. The summed E-state index contributed by atoms with van der Waals surface area (Å²) in [6.07, 6.45) is 1.08. The van der Waals surface area contributed by atoms with Gasteiger partial charge in [-0.15, -0.1) is 0 Å². The number of urea groups is 1. The minimum atomic E-state index is -0.921. The molecule has 0 spiro atoms. The molecule has 3 aromatic carbocycles. The van der Waals surface area contributed by atoms with E-state index >= 15 is 0 Å². The molecule has 4 rings (SSSR count). The van der Waals surface area contributed by atoms with Crippen LogP contribution in [0.5, 0.6) is 11.5 Å². The molecule has 4 amide bonds. The maximum absolute atomic E-state index is 14.3. The lowest BCUT2D eigenvalue weighted by atomic mass is 9.86. The van der Waals surface area contributed by atoms with Crippen molar-refractivity contribution in [1.82, 2.24) is 15.8 Å². The number of nitrogens with one attached hydrogen (secondary N) is 3. The van der Waals surface area contributed by atoms with Gasteiger partial charge in [-0.05, 0) is 59.6 Å². The fourth-order valence-corrected chi connectivity index (χ4v) is 5.28. The van der Waals surface area contributed by atoms with Gasteiger partial charge in [-0.2, -0.15) is 0 Å². The van der Waals surface area contributed by atoms with Crippen molar-refractivity contribution in [3.63, 3.8) is 0 Å². The molecule has 3 N–H and O–H groups in total. The van der Waals surface area contributed by atoms with Crippen molar-refractivity contribution >= 4 is 23.5 Å². The molecule has 1 aliphatic heterocycles. The van der Waals surface area contributed by atoms with E-state index < -0.39 is 24.0 Å². The minimum Gasteiger partial charge on any atom is -0.497 e. The molecule has 1 heterocycles. The topological polar surface area (TPSA) is 109 Å². The zero-order valence-corrected chi connectivity index (χ0v) is 24.8. The number of para-hydroxylation sites is 2. The number of hydrogen-bond donors (Lipinski definition) is 3. The quantitative estimate of drug-likeness (QED) is 0.316. The Bertz CT molecular complexity index is 1390. The first-order chi connectivity index (χ1) is 20.1.